The van der Waals surface area contributed by atoms with Gasteiger partial charge in [0.05, 0.1) is 16.9 Å². The molecule has 6 aromatic rings. The van der Waals surface area contributed by atoms with E-state index < -0.39 is 0 Å². The zero-order valence-electron chi connectivity index (χ0n) is 24.9. The molecule has 4 aromatic carbocycles. The molecule has 2 nitrogen and oxygen atoms in total. The molecule has 0 saturated heterocycles. The van der Waals surface area contributed by atoms with Gasteiger partial charge < -0.3 is 0 Å². The van der Waals surface area contributed by atoms with E-state index >= 15 is 0 Å². The first-order chi connectivity index (χ1) is 21.2. The maximum atomic E-state index is 5.09. The Balaban J connectivity index is 1.32. The highest BCUT2D eigenvalue weighted by molar-refractivity contribution is 5.92. The number of aromatic nitrogens is 2. The summed E-state index contributed by atoms with van der Waals surface area (Å²) in [4.78, 5) is 9.80. The summed E-state index contributed by atoms with van der Waals surface area (Å²) in [7, 11) is 0. The van der Waals surface area contributed by atoms with Crippen LogP contribution in [0.25, 0.3) is 62.3 Å². The molecule has 0 spiro atoms. The van der Waals surface area contributed by atoms with Crippen molar-refractivity contribution in [3.63, 3.8) is 0 Å². The molecule has 1 atom stereocenters. The van der Waals surface area contributed by atoms with Gasteiger partial charge in [-0.15, -0.1) is 0 Å². The van der Waals surface area contributed by atoms with Crippen LogP contribution < -0.4 is 10.4 Å². The molecule has 2 aromatic heterocycles. The molecule has 7 rings (SSSR count). The van der Waals surface area contributed by atoms with Crippen LogP contribution >= 0.6 is 0 Å². The molecule has 0 fully saturated rings. The van der Waals surface area contributed by atoms with Gasteiger partial charge in [-0.25, -0.2) is 4.98 Å². The highest BCUT2D eigenvalue weighted by atomic mass is 14.7. The predicted octanol–water partition coefficient (Wildman–Crippen LogP) is 9.17. The summed E-state index contributed by atoms with van der Waals surface area (Å²) in [5, 5.41) is 3.48. The number of nitrogens with zero attached hydrogens (tertiary/aromatic N) is 2. The van der Waals surface area contributed by atoms with Crippen LogP contribution in [0.2, 0.25) is 0 Å². The zero-order chi connectivity index (χ0) is 29.3. The van der Waals surface area contributed by atoms with Crippen LogP contribution in [0, 0.1) is 0 Å². The smallest absolute Gasteiger partial charge is 0.0784 e. The lowest BCUT2D eigenvalue weighted by molar-refractivity contribution is 0.797. The quantitative estimate of drug-likeness (QED) is 0.212. The molecule has 2 heteroatoms. The predicted molar refractivity (Wildman–Crippen MR) is 182 cm³/mol. The molecule has 0 bridgehead atoms. The molecule has 0 radical (unpaired) electrons. The summed E-state index contributed by atoms with van der Waals surface area (Å²) in [6, 6.07) is 38.9. The van der Waals surface area contributed by atoms with Crippen LogP contribution in [0.3, 0.4) is 0 Å². The van der Waals surface area contributed by atoms with Crippen LogP contribution in [0.5, 0.6) is 0 Å². The number of pyridine rings is 2. The Bertz CT molecular complexity index is 2120. The van der Waals surface area contributed by atoms with Crippen LogP contribution in [0.1, 0.15) is 49.8 Å². The normalized spacial score (nSPS) is 15.1. The van der Waals surface area contributed by atoms with Gasteiger partial charge >= 0.3 is 0 Å². The van der Waals surface area contributed by atoms with Gasteiger partial charge in [-0.3, -0.25) is 4.98 Å². The van der Waals surface area contributed by atoms with Crippen molar-refractivity contribution < 1.29 is 0 Å². The maximum Gasteiger partial charge on any atom is 0.0784 e. The molecule has 1 aliphatic carbocycles. The van der Waals surface area contributed by atoms with Crippen molar-refractivity contribution in [2.24, 2.45) is 0 Å². The van der Waals surface area contributed by atoms with Gasteiger partial charge in [0.25, 0.3) is 0 Å². The second-order valence-electron chi connectivity index (χ2n) is 11.3. The van der Waals surface area contributed by atoms with E-state index in [0.29, 0.717) is 5.92 Å². The van der Waals surface area contributed by atoms with Crippen molar-refractivity contribution in [3.8, 4) is 33.6 Å². The molecule has 43 heavy (non-hydrogen) atoms. The van der Waals surface area contributed by atoms with Gasteiger partial charge in [0.15, 0.2) is 0 Å². The summed E-state index contributed by atoms with van der Waals surface area (Å²) < 4.78 is 0. The minimum atomic E-state index is 0.409. The fraction of sp³-hybridized carbons (Fsp3) is 0.122. The molecule has 1 aliphatic rings. The van der Waals surface area contributed by atoms with Gasteiger partial charge in [-0.05, 0) is 83.1 Å². The highest BCUT2D eigenvalue weighted by Gasteiger charge is 2.30. The molecule has 0 amide bonds. The minimum absolute atomic E-state index is 0.409. The van der Waals surface area contributed by atoms with Crippen LogP contribution in [-0.4, -0.2) is 9.97 Å². The molecular weight excluding hydrogens is 520 g/mol. The Morgan fingerprint density at radius 2 is 1.60 bits per heavy atom. The molecule has 1 unspecified atom stereocenters. The second-order valence-corrected chi connectivity index (χ2v) is 11.3. The van der Waals surface area contributed by atoms with Crippen molar-refractivity contribution in [3.05, 3.63) is 149 Å². The van der Waals surface area contributed by atoms with Crippen LogP contribution in [-0.2, 0) is 0 Å². The first kappa shape index (κ1) is 26.8. The average molecular weight is 555 g/mol. The van der Waals surface area contributed by atoms with Crippen LogP contribution in [0.4, 0.5) is 0 Å². The summed E-state index contributed by atoms with van der Waals surface area (Å²) in [5.41, 5.74) is 13.4. The van der Waals surface area contributed by atoms with Gasteiger partial charge in [-0.1, -0.05) is 110 Å². The number of hydrogen-bond acceptors (Lipinski definition) is 2. The third-order valence-electron chi connectivity index (χ3n) is 8.78. The number of benzene rings is 4. The number of hydrogen-bond donors (Lipinski definition) is 0. The van der Waals surface area contributed by atoms with Crippen molar-refractivity contribution in [1.82, 2.24) is 9.97 Å². The first-order valence-corrected chi connectivity index (χ1v) is 15.2. The number of fused-ring (bicyclic) bond motifs is 4. The van der Waals surface area contributed by atoms with Crippen molar-refractivity contribution in [1.29, 1.82) is 0 Å². The van der Waals surface area contributed by atoms with Gasteiger partial charge in [-0.2, -0.15) is 0 Å². The second kappa shape index (κ2) is 11.3. The number of allylic oxidation sites excluding steroid dienone is 2. The Morgan fingerprint density at radius 1 is 0.767 bits per heavy atom. The van der Waals surface area contributed by atoms with Gasteiger partial charge in [0.1, 0.15) is 0 Å². The fourth-order valence-electron chi connectivity index (χ4n) is 6.58. The SMILES string of the molecule is C/C=c1/c(=C\C=C(/C)c2ccc3c(c2)-c2c(-c4ccccn4)cccc2C3CC)ccc2ccc(-c3ccccc3)nc12. The molecule has 0 N–H and O–H groups in total. The van der Waals surface area contributed by atoms with Crippen molar-refractivity contribution >= 4 is 28.6 Å². The van der Waals surface area contributed by atoms with E-state index in [-0.39, 0.29) is 0 Å². The summed E-state index contributed by atoms with van der Waals surface area (Å²) >= 11 is 0. The topological polar surface area (TPSA) is 25.8 Å². The van der Waals surface area contributed by atoms with E-state index in [0.717, 1.165) is 39.5 Å². The van der Waals surface area contributed by atoms with Crippen molar-refractivity contribution in [2.45, 2.75) is 33.1 Å². The fourth-order valence-corrected chi connectivity index (χ4v) is 6.58. The highest BCUT2D eigenvalue weighted by Crippen LogP contribution is 2.50. The maximum absolute atomic E-state index is 5.09. The first-order valence-electron chi connectivity index (χ1n) is 15.2. The number of rotatable bonds is 5. The van der Waals surface area contributed by atoms with E-state index in [1.807, 2.05) is 18.3 Å². The Morgan fingerprint density at radius 3 is 2.40 bits per heavy atom. The third-order valence-corrected chi connectivity index (χ3v) is 8.78. The monoisotopic (exact) mass is 554 g/mol. The van der Waals surface area contributed by atoms with E-state index in [2.05, 4.69) is 136 Å². The zero-order valence-corrected chi connectivity index (χ0v) is 24.9. The molecule has 0 aliphatic heterocycles. The summed E-state index contributed by atoms with van der Waals surface area (Å²) in [6.07, 6.45) is 9.61. The van der Waals surface area contributed by atoms with Crippen molar-refractivity contribution in [2.75, 3.05) is 0 Å². The molecule has 208 valence electrons. The molecular formula is C41H34N2. The van der Waals surface area contributed by atoms with Gasteiger partial charge in [0.2, 0.25) is 0 Å². The average Bonchev–Trinajstić information content (AvgIpc) is 3.40. The third kappa shape index (κ3) is 4.79. The summed E-state index contributed by atoms with van der Waals surface area (Å²) in [6.45, 7) is 6.59. The largest absolute Gasteiger partial charge is 0.256 e. The molecule has 2 heterocycles. The summed E-state index contributed by atoms with van der Waals surface area (Å²) in [5.74, 6) is 0.409. The lowest BCUT2D eigenvalue weighted by atomic mass is 9.93. The van der Waals surface area contributed by atoms with E-state index in [1.54, 1.807) is 0 Å². The minimum Gasteiger partial charge on any atom is -0.256 e. The Kier molecular flexibility index (Phi) is 7.04. The van der Waals surface area contributed by atoms with E-state index in [1.165, 1.54) is 44.2 Å². The lowest BCUT2D eigenvalue weighted by Crippen LogP contribution is -2.25. The van der Waals surface area contributed by atoms with E-state index in [4.69, 9.17) is 9.97 Å². The standard InChI is InChI=1S/C41H34N2/c1-4-32-28(19-20-30-22-24-38(43-41(30)32)29-12-7-6-8-13-29)18-17-27(3)31-21-23-34-33(5-2)35-14-11-15-36(40(35)37(34)26-31)39-16-9-10-25-42-39/h4,6-26,33H,5H2,1-3H3/b27-17+,28-18-,32-4-. The van der Waals surface area contributed by atoms with E-state index in [9.17, 15) is 0 Å². The Hall–Kier alpha value is -5.08. The Labute approximate surface area is 253 Å². The lowest BCUT2D eigenvalue weighted by Gasteiger charge is -2.11. The van der Waals surface area contributed by atoms with Crippen LogP contribution in [0.15, 0.2) is 121 Å². The van der Waals surface area contributed by atoms with Gasteiger partial charge in [0, 0.05) is 33.8 Å². The molecule has 0 saturated carbocycles.